The molecular weight excluding hydrogens is 370 g/mol. The minimum atomic E-state index is -3.57. The van der Waals surface area contributed by atoms with E-state index in [1.54, 1.807) is 17.0 Å². The second-order valence-electron chi connectivity index (χ2n) is 5.24. The summed E-state index contributed by atoms with van der Waals surface area (Å²) in [5.74, 6) is -0.0208. The number of rotatable bonds is 5. The van der Waals surface area contributed by atoms with Crippen molar-refractivity contribution in [3.8, 4) is 0 Å². The van der Waals surface area contributed by atoms with Gasteiger partial charge in [0.05, 0.1) is 4.90 Å². The van der Waals surface area contributed by atoms with E-state index >= 15 is 0 Å². The second-order valence-corrected chi connectivity index (χ2v) is 7.92. The lowest BCUT2D eigenvalue weighted by Crippen LogP contribution is -2.52. The van der Waals surface area contributed by atoms with E-state index in [0.717, 1.165) is 17.6 Å². The molecule has 1 unspecified atom stereocenters. The summed E-state index contributed by atoms with van der Waals surface area (Å²) in [7, 11) is -3.57. The van der Waals surface area contributed by atoms with Gasteiger partial charge >= 0.3 is 0 Å². The highest BCUT2D eigenvalue weighted by Gasteiger charge is 2.23. The lowest BCUT2D eigenvalue weighted by molar-refractivity contribution is -0.133. The molecule has 1 amide bonds. The summed E-state index contributed by atoms with van der Waals surface area (Å²) in [4.78, 5) is 14.1. The number of carbonyl (C=O) groups is 1. The molecule has 0 aliphatic carbocycles. The molecule has 1 saturated heterocycles. The molecule has 1 aliphatic rings. The van der Waals surface area contributed by atoms with E-state index in [-0.39, 0.29) is 29.8 Å². The first-order valence-electron chi connectivity index (χ1n) is 7.15. The van der Waals surface area contributed by atoms with E-state index in [4.69, 9.17) is 0 Å². The van der Waals surface area contributed by atoms with E-state index in [1.807, 2.05) is 6.92 Å². The maximum atomic E-state index is 12.1. The Bertz CT molecular complexity index is 619. The predicted molar refractivity (Wildman–Crippen MR) is 88.0 cm³/mol. The van der Waals surface area contributed by atoms with Crippen LogP contribution in [0.5, 0.6) is 0 Å². The summed E-state index contributed by atoms with van der Waals surface area (Å²) >= 11 is 3.26. The number of nitrogens with one attached hydrogen (secondary N) is 2. The van der Waals surface area contributed by atoms with E-state index in [0.29, 0.717) is 6.54 Å². The third kappa shape index (κ3) is 4.52. The fourth-order valence-corrected chi connectivity index (χ4v) is 3.64. The molecule has 0 saturated carbocycles. The van der Waals surface area contributed by atoms with Gasteiger partial charge in [-0.25, -0.2) is 13.1 Å². The molecule has 0 aromatic heterocycles. The molecule has 2 rings (SSSR count). The monoisotopic (exact) mass is 389 g/mol. The maximum Gasteiger partial charge on any atom is 0.240 e. The number of nitrogens with zero attached hydrogens (tertiary/aromatic N) is 1. The van der Waals surface area contributed by atoms with Crippen molar-refractivity contribution in [1.29, 1.82) is 0 Å². The minimum absolute atomic E-state index is 0.0208. The quantitative estimate of drug-likeness (QED) is 0.785. The third-order valence-corrected chi connectivity index (χ3v) is 5.58. The highest BCUT2D eigenvalue weighted by molar-refractivity contribution is 9.10. The van der Waals surface area contributed by atoms with Crippen molar-refractivity contribution in [2.24, 2.45) is 0 Å². The lowest BCUT2D eigenvalue weighted by Gasteiger charge is -2.34. The van der Waals surface area contributed by atoms with Gasteiger partial charge in [-0.3, -0.25) is 4.79 Å². The van der Waals surface area contributed by atoms with Crippen LogP contribution in [0.2, 0.25) is 0 Å². The third-order valence-electron chi connectivity index (χ3n) is 3.58. The Balaban J connectivity index is 1.87. The number of piperazine rings is 1. The van der Waals surface area contributed by atoms with Crippen molar-refractivity contribution < 1.29 is 13.2 Å². The molecule has 1 heterocycles. The first kappa shape index (κ1) is 17.4. The average Bonchev–Trinajstić information content (AvgIpc) is 2.48. The Hall–Kier alpha value is -0.960. The molecule has 2 N–H and O–H groups in total. The van der Waals surface area contributed by atoms with Crippen molar-refractivity contribution in [1.82, 2.24) is 14.9 Å². The fourth-order valence-electron chi connectivity index (χ4n) is 2.34. The summed E-state index contributed by atoms with van der Waals surface area (Å²) in [5, 5.41) is 3.22. The van der Waals surface area contributed by atoms with Gasteiger partial charge in [-0.15, -0.1) is 0 Å². The zero-order valence-electron chi connectivity index (χ0n) is 12.4. The van der Waals surface area contributed by atoms with Gasteiger partial charge in [-0.05, 0) is 31.2 Å². The summed E-state index contributed by atoms with van der Waals surface area (Å²) in [6, 6.07) is 6.52. The summed E-state index contributed by atoms with van der Waals surface area (Å²) in [6.45, 7) is 4.31. The first-order valence-corrected chi connectivity index (χ1v) is 9.43. The summed E-state index contributed by atoms with van der Waals surface area (Å²) < 4.78 is 27.5. The van der Waals surface area contributed by atoms with Crippen molar-refractivity contribution in [3.63, 3.8) is 0 Å². The van der Waals surface area contributed by atoms with Crippen LogP contribution in [0.15, 0.2) is 33.6 Å². The minimum Gasteiger partial charge on any atom is -0.337 e. The zero-order valence-corrected chi connectivity index (χ0v) is 14.8. The average molecular weight is 390 g/mol. The second kappa shape index (κ2) is 7.54. The van der Waals surface area contributed by atoms with Crippen molar-refractivity contribution in [3.05, 3.63) is 28.7 Å². The zero-order chi connectivity index (χ0) is 16.2. The molecule has 1 atom stereocenters. The molecule has 8 heteroatoms. The number of halogens is 1. The van der Waals surface area contributed by atoms with Crippen molar-refractivity contribution >= 4 is 31.9 Å². The van der Waals surface area contributed by atoms with Crippen LogP contribution in [0.4, 0.5) is 0 Å². The number of amides is 1. The van der Waals surface area contributed by atoms with E-state index in [1.165, 1.54) is 12.1 Å². The number of sulfonamides is 1. The van der Waals surface area contributed by atoms with Crippen LogP contribution in [0.3, 0.4) is 0 Å². The Labute approximate surface area is 139 Å². The normalized spacial score (nSPS) is 19.2. The van der Waals surface area contributed by atoms with Crippen LogP contribution in [0, 0.1) is 0 Å². The molecule has 6 nitrogen and oxygen atoms in total. The van der Waals surface area contributed by atoms with E-state index in [9.17, 15) is 13.2 Å². The highest BCUT2D eigenvalue weighted by Crippen LogP contribution is 2.14. The SMILES string of the molecule is CC1CNCCN1C(=O)CCNS(=O)(=O)c1ccc(Br)cc1. The Kier molecular flexibility index (Phi) is 5.96. The largest absolute Gasteiger partial charge is 0.337 e. The molecule has 22 heavy (non-hydrogen) atoms. The number of hydrogen-bond donors (Lipinski definition) is 2. The summed E-state index contributed by atoms with van der Waals surface area (Å²) in [6.07, 6.45) is 0.167. The van der Waals surface area contributed by atoms with Crippen LogP contribution in [-0.2, 0) is 14.8 Å². The highest BCUT2D eigenvalue weighted by atomic mass is 79.9. The Morgan fingerprint density at radius 3 is 2.73 bits per heavy atom. The number of hydrogen-bond acceptors (Lipinski definition) is 4. The maximum absolute atomic E-state index is 12.1. The Morgan fingerprint density at radius 2 is 2.09 bits per heavy atom. The van der Waals surface area contributed by atoms with E-state index < -0.39 is 10.0 Å². The molecular formula is C14H20BrN3O3S. The van der Waals surface area contributed by atoms with Crippen LogP contribution >= 0.6 is 15.9 Å². The predicted octanol–water partition coefficient (Wildman–Crippen LogP) is 0.938. The van der Waals surface area contributed by atoms with Gasteiger partial charge in [0.15, 0.2) is 0 Å². The molecule has 122 valence electrons. The molecule has 0 radical (unpaired) electrons. The smallest absolute Gasteiger partial charge is 0.240 e. The van der Waals surface area contributed by atoms with Crippen molar-refractivity contribution in [2.45, 2.75) is 24.3 Å². The van der Waals surface area contributed by atoms with Gasteiger partial charge in [0.1, 0.15) is 0 Å². The van der Waals surface area contributed by atoms with Crippen LogP contribution in [-0.4, -0.2) is 51.4 Å². The van der Waals surface area contributed by atoms with Gasteiger partial charge in [0.2, 0.25) is 15.9 Å². The van der Waals surface area contributed by atoms with Crippen molar-refractivity contribution in [2.75, 3.05) is 26.2 Å². The van der Waals surface area contributed by atoms with Crippen LogP contribution in [0.1, 0.15) is 13.3 Å². The molecule has 1 aromatic carbocycles. The topological polar surface area (TPSA) is 78.5 Å². The lowest BCUT2D eigenvalue weighted by atomic mass is 10.2. The fraction of sp³-hybridized carbons (Fsp3) is 0.500. The first-order chi connectivity index (χ1) is 10.4. The molecule has 1 fully saturated rings. The van der Waals surface area contributed by atoms with Crippen LogP contribution < -0.4 is 10.0 Å². The van der Waals surface area contributed by atoms with Gasteiger partial charge < -0.3 is 10.2 Å². The molecule has 1 aliphatic heterocycles. The van der Waals surface area contributed by atoms with Gasteiger partial charge in [0, 0.05) is 43.1 Å². The molecule has 0 spiro atoms. The molecule has 1 aromatic rings. The number of benzene rings is 1. The van der Waals surface area contributed by atoms with Gasteiger partial charge in [-0.2, -0.15) is 0 Å². The van der Waals surface area contributed by atoms with Crippen LogP contribution in [0.25, 0.3) is 0 Å². The summed E-state index contributed by atoms with van der Waals surface area (Å²) in [5.41, 5.74) is 0. The standard InChI is InChI=1S/C14H20BrN3O3S/c1-11-10-16-8-9-18(11)14(19)6-7-17-22(20,21)13-4-2-12(15)3-5-13/h2-5,11,16-17H,6-10H2,1H3. The molecule has 0 bridgehead atoms. The Morgan fingerprint density at radius 1 is 1.41 bits per heavy atom. The van der Waals surface area contributed by atoms with Gasteiger partial charge in [-0.1, -0.05) is 15.9 Å². The number of carbonyl (C=O) groups excluding carboxylic acids is 1. The van der Waals surface area contributed by atoms with Gasteiger partial charge in [0.25, 0.3) is 0 Å². The van der Waals surface area contributed by atoms with E-state index in [2.05, 4.69) is 26.0 Å².